The summed E-state index contributed by atoms with van der Waals surface area (Å²) in [6, 6.07) is 14.2. The number of rotatable bonds is 8. The molecule has 0 aliphatic carbocycles. The van der Waals surface area contributed by atoms with E-state index in [1.54, 1.807) is 38.4 Å². The van der Waals surface area contributed by atoms with Gasteiger partial charge in [0, 0.05) is 25.9 Å². The number of methoxy groups -OCH3 is 1. The maximum Gasteiger partial charge on any atom is 0.191 e. The molecular formula is C20H27N3O4S. The van der Waals surface area contributed by atoms with E-state index in [1.165, 1.54) is 6.26 Å². The van der Waals surface area contributed by atoms with Crippen LogP contribution in [0.15, 0.2) is 58.4 Å². The first-order valence-electron chi connectivity index (χ1n) is 8.86. The van der Waals surface area contributed by atoms with Gasteiger partial charge in [-0.25, -0.2) is 8.42 Å². The smallest absolute Gasteiger partial charge is 0.191 e. The summed E-state index contributed by atoms with van der Waals surface area (Å²) in [6.07, 6.45) is 1.11. The van der Waals surface area contributed by atoms with Crippen molar-refractivity contribution >= 4 is 15.8 Å². The molecule has 2 rings (SSSR count). The van der Waals surface area contributed by atoms with Gasteiger partial charge in [0.25, 0.3) is 0 Å². The van der Waals surface area contributed by atoms with E-state index < -0.39 is 9.84 Å². The van der Waals surface area contributed by atoms with Gasteiger partial charge in [-0.15, -0.1) is 0 Å². The standard InChI is InChI=1S/C20H27N3O4S/c1-15(27-18-7-5-6-17(12-18)26-3)13-22-20(21-2)23-14-16-8-10-19(11-9-16)28(4,24)25/h5-12,15H,13-14H2,1-4H3,(H2,21,22,23). The van der Waals surface area contributed by atoms with Crippen molar-refractivity contribution in [3.8, 4) is 11.5 Å². The second-order valence-electron chi connectivity index (χ2n) is 6.33. The van der Waals surface area contributed by atoms with E-state index in [9.17, 15) is 8.42 Å². The highest BCUT2D eigenvalue weighted by Gasteiger charge is 2.08. The average molecular weight is 406 g/mol. The van der Waals surface area contributed by atoms with Crippen LogP contribution in [0.25, 0.3) is 0 Å². The summed E-state index contributed by atoms with van der Waals surface area (Å²) in [5.74, 6) is 2.12. The first-order valence-corrected chi connectivity index (χ1v) is 10.7. The first kappa shape index (κ1) is 21.6. The number of ether oxygens (including phenoxy) is 2. The minimum absolute atomic E-state index is 0.0836. The van der Waals surface area contributed by atoms with Crippen LogP contribution in [-0.2, 0) is 16.4 Å². The number of aliphatic imine (C=N–C) groups is 1. The second-order valence-corrected chi connectivity index (χ2v) is 8.35. The summed E-state index contributed by atoms with van der Waals surface area (Å²) in [4.78, 5) is 4.50. The molecule has 0 bridgehead atoms. The van der Waals surface area contributed by atoms with Crippen molar-refractivity contribution < 1.29 is 17.9 Å². The lowest BCUT2D eigenvalue weighted by molar-refractivity contribution is 0.223. The van der Waals surface area contributed by atoms with Gasteiger partial charge in [0.2, 0.25) is 0 Å². The summed E-state index contributed by atoms with van der Waals surface area (Å²) < 4.78 is 34.1. The zero-order valence-corrected chi connectivity index (χ0v) is 17.4. The van der Waals surface area contributed by atoms with Crippen molar-refractivity contribution in [2.45, 2.75) is 24.5 Å². The van der Waals surface area contributed by atoms with Crippen LogP contribution in [0, 0.1) is 0 Å². The zero-order valence-electron chi connectivity index (χ0n) is 16.6. The van der Waals surface area contributed by atoms with E-state index in [0.29, 0.717) is 23.9 Å². The molecule has 2 N–H and O–H groups in total. The number of guanidine groups is 1. The molecule has 28 heavy (non-hydrogen) atoms. The van der Waals surface area contributed by atoms with Gasteiger partial charge in [-0.2, -0.15) is 0 Å². The Balaban J connectivity index is 1.82. The highest BCUT2D eigenvalue weighted by Crippen LogP contribution is 2.19. The van der Waals surface area contributed by atoms with Crippen LogP contribution in [0.1, 0.15) is 12.5 Å². The zero-order chi connectivity index (χ0) is 20.6. The third-order valence-corrected chi connectivity index (χ3v) is 5.10. The normalized spacial score (nSPS) is 12.9. The van der Waals surface area contributed by atoms with Crippen LogP contribution < -0.4 is 20.1 Å². The van der Waals surface area contributed by atoms with Gasteiger partial charge >= 0.3 is 0 Å². The van der Waals surface area contributed by atoms with E-state index >= 15 is 0 Å². The van der Waals surface area contributed by atoms with Gasteiger partial charge in [-0.1, -0.05) is 18.2 Å². The Morgan fingerprint density at radius 2 is 1.79 bits per heavy atom. The number of nitrogens with zero attached hydrogens (tertiary/aromatic N) is 1. The Kier molecular flexibility index (Phi) is 7.69. The molecule has 0 saturated heterocycles. The second kappa shape index (κ2) is 9.98. The number of hydrogen-bond donors (Lipinski definition) is 2. The third-order valence-electron chi connectivity index (χ3n) is 3.97. The van der Waals surface area contributed by atoms with Crippen LogP contribution in [0.3, 0.4) is 0 Å². The number of benzene rings is 2. The molecule has 2 aromatic rings. The van der Waals surface area contributed by atoms with Gasteiger partial charge < -0.3 is 20.1 Å². The first-order chi connectivity index (χ1) is 13.3. The van der Waals surface area contributed by atoms with E-state index in [0.717, 1.165) is 17.1 Å². The molecule has 2 aromatic carbocycles. The van der Waals surface area contributed by atoms with Crippen molar-refractivity contribution in [2.75, 3.05) is 27.0 Å². The third kappa shape index (κ3) is 6.77. The molecule has 0 amide bonds. The molecule has 0 radical (unpaired) electrons. The topological polar surface area (TPSA) is 89.0 Å². The van der Waals surface area contributed by atoms with Crippen LogP contribution in [0.5, 0.6) is 11.5 Å². The molecule has 1 unspecified atom stereocenters. The summed E-state index contributed by atoms with van der Waals surface area (Å²) >= 11 is 0. The summed E-state index contributed by atoms with van der Waals surface area (Å²) in [5, 5.41) is 6.41. The fourth-order valence-corrected chi connectivity index (χ4v) is 3.08. The predicted octanol–water partition coefficient (Wildman–Crippen LogP) is 2.23. The van der Waals surface area contributed by atoms with Gasteiger partial charge in [0.1, 0.15) is 17.6 Å². The van der Waals surface area contributed by atoms with Gasteiger partial charge in [0.05, 0.1) is 18.6 Å². The highest BCUT2D eigenvalue weighted by molar-refractivity contribution is 7.90. The van der Waals surface area contributed by atoms with Gasteiger partial charge in [-0.3, -0.25) is 4.99 Å². The Hall–Kier alpha value is -2.74. The maximum atomic E-state index is 11.5. The number of hydrogen-bond acceptors (Lipinski definition) is 5. The molecule has 0 aliphatic rings. The fraction of sp³-hybridized carbons (Fsp3) is 0.350. The van der Waals surface area contributed by atoms with Crippen LogP contribution in [0.2, 0.25) is 0 Å². The van der Waals surface area contributed by atoms with E-state index in [-0.39, 0.29) is 6.10 Å². The molecule has 0 fully saturated rings. The Bertz CT molecular complexity index is 896. The minimum Gasteiger partial charge on any atom is -0.497 e. The quantitative estimate of drug-likeness (QED) is 0.517. The number of nitrogens with one attached hydrogen (secondary N) is 2. The molecule has 8 heteroatoms. The Morgan fingerprint density at radius 1 is 1.11 bits per heavy atom. The Morgan fingerprint density at radius 3 is 2.39 bits per heavy atom. The lowest BCUT2D eigenvalue weighted by Crippen LogP contribution is -2.41. The molecule has 0 heterocycles. The van der Waals surface area contributed by atoms with Crippen molar-refractivity contribution in [3.05, 3.63) is 54.1 Å². The summed E-state index contributed by atoms with van der Waals surface area (Å²) in [7, 11) is 0.127. The van der Waals surface area contributed by atoms with Crippen molar-refractivity contribution in [1.82, 2.24) is 10.6 Å². The van der Waals surface area contributed by atoms with Crippen LogP contribution >= 0.6 is 0 Å². The molecular weight excluding hydrogens is 378 g/mol. The maximum absolute atomic E-state index is 11.5. The van der Waals surface area contributed by atoms with E-state index in [4.69, 9.17) is 9.47 Å². The highest BCUT2D eigenvalue weighted by atomic mass is 32.2. The summed E-state index contributed by atoms with van der Waals surface area (Å²) in [5.41, 5.74) is 0.955. The molecule has 0 saturated carbocycles. The van der Waals surface area contributed by atoms with E-state index in [2.05, 4.69) is 15.6 Å². The average Bonchev–Trinajstić information content (AvgIpc) is 2.68. The lowest BCUT2D eigenvalue weighted by Gasteiger charge is -2.18. The van der Waals surface area contributed by atoms with E-state index in [1.807, 2.05) is 31.2 Å². The molecule has 7 nitrogen and oxygen atoms in total. The van der Waals surface area contributed by atoms with Crippen LogP contribution in [0.4, 0.5) is 0 Å². The minimum atomic E-state index is -3.18. The predicted molar refractivity (Wildman–Crippen MR) is 111 cm³/mol. The van der Waals surface area contributed by atoms with Gasteiger partial charge in [0.15, 0.2) is 15.8 Å². The molecule has 0 aliphatic heterocycles. The Labute approximate surface area is 166 Å². The SMILES string of the molecule is CN=C(NCc1ccc(S(C)(=O)=O)cc1)NCC(C)Oc1cccc(OC)c1. The largest absolute Gasteiger partial charge is 0.497 e. The summed E-state index contributed by atoms with van der Waals surface area (Å²) in [6.45, 7) is 3.04. The molecule has 0 spiro atoms. The van der Waals surface area contributed by atoms with Gasteiger partial charge in [-0.05, 0) is 36.8 Å². The lowest BCUT2D eigenvalue weighted by atomic mass is 10.2. The van der Waals surface area contributed by atoms with Crippen molar-refractivity contribution in [3.63, 3.8) is 0 Å². The fourth-order valence-electron chi connectivity index (χ4n) is 2.45. The molecule has 152 valence electrons. The molecule has 0 aromatic heterocycles. The van der Waals surface area contributed by atoms with Crippen molar-refractivity contribution in [1.29, 1.82) is 0 Å². The monoisotopic (exact) mass is 405 g/mol. The number of sulfone groups is 1. The van der Waals surface area contributed by atoms with Crippen molar-refractivity contribution in [2.24, 2.45) is 4.99 Å². The van der Waals surface area contributed by atoms with Crippen LogP contribution in [-0.4, -0.2) is 47.4 Å². The molecule has 1 atom stereocenters.